The molecule has 3 aromatic carbocycles. The van der Waals surface area contributed by atoms with Gasteiger partial charge in [-0.2, -0.15) is 0 Å². The van der Waals surface area contributed by atoms with Gasteiger partial charge in [0.2, 0.25) is 5.91 Å². The zero-order valence-electron chi connectivity index (χ0n) is 19.4. The van der Waals surface area contributed by atoms with E-state index in [9.17, 15) is 13.2 Å². The van der Waals surface area contributed by atoms with Gasteiger partial charge in [-0.05, 0) is 23.6 Å². The normalized spacial score (nSPS) is 11.6. The Labute approximate surface area is 201 Å². The van der Waals surface area contributed by atoms with Gasteiger partial charge in [-0.15, -0.1) is 0 Å². The monoisotopic (exact) mass is 474 g/mol. The minimum absolute atomic E-state index is 0.0231. The predicted molar refractivity (Wildman–Crippen MR) is 136 cm³/mol. The molecule has 4 rings (SSSR count). The van der Waals surface area contributed by atoms with Gasteiger partial charge in [0.05, 0.1) is 10.6 Å². The van der Waals surface area contributed by atoms with Crippen LogP contribution in [0.2, 0.25) is 0 Å². The van der Waals surface area contributed by atoms with Gasteiger partial charge in [0.1, 0.15) is 6.54 Å². The molecule has 0 atom stereocenters. The van der Waals surface area contributed by atoms with Crippen molar-refractivity contribution in [3.63, 3.8) is 0 Å². The number of benzene rings is 3. The van der Waals surface area contributed by atoms with E-state index in [1.54, 1.807) is 10.8 Å². The maximum atomic E-state index is 13.4. The van der Waals surface area contributed by atoms with Crippen molar-refractivity contribution >= 4 is 26.6 Å². The zero-order valence-corrected chi connectivity index (χ0v) is 20.2. The second-order valence-corrected chi connectivity index (χ2v) is 10.5. The molecule has 5 nitrogen and oxygen atoms in total. The molecule has 0 saturated heterocycles. The summed E-state index contributed by atoms with van der Waals surface area (Å²) in [6, 6.07) is 26.5. The lowest BCUT2D eigenvalue weighted by molar-refractivity contribution is -0.132. The third-order valence-corrected chi connectivity index (χ3v) is 7.65. The SMILES string of the molecule is CCCCN(Cc1ccccc1)C(=O)Cn1cc(S(=O)(=O)Cc2ccccc2)c2ccccc21. The molecule has 1 amide bonds. The van der Waals surface area contributed by atoms with Crippen molar-refractivity contribution in [1.29, 1.82) is 0 Å². The molecule has 0 N–H and O–H groups in total. The van der Waals surface area contributed by atoms with E-state index < -0.39 is 9.84 Å². The van der Waals surface area contributed by atoms with Crippen molar-refractivity contribution in [3.8, 4) is 0 Å². The zero-order chi connectivity index (χ0) is 24.0. The van der Waals surface area contributed by atoms with Crippen LogP contribution in [0.4, 0.5) is 0 Å². The van der Waals surface area contributed by atoms with Crippen molar-refractivity contribution in [3.05, 3.63) is 102 Å². The average Bonchev–Trinajstić information content (AvgIpc) is 3.22. The first-order valence-electron chi connectivity index (χ1n) is 11.6. The number of unbranched alkanes of at least 4 members (excludes halogenated alkanes) is 1. The summed E-state index contributed by atoms with van der Waals surface area (Å²) in [5.41, 5.74) is 2.57. The minimum atomic E-state index is -3.58. The molecule has 0 fully saturated rings. The molecular formula is C28H30N2O3S. The Balaban J connectivity index is 1.63. The number of fused-ring (bicyclic) bond motifs is 1. The molecule has 4 aromatic rings. The first-order valence-corrected chi connectivity index (χ1v) is 13.3. The number of aromatic nitrogens is 1. The number of para-hydroxylation sites is 1. The summed E-state index contributed by atoms with van der Waals surface area (Å²) in [6.07, 6.45) is 3.54. The van der Waals surface area contributed by atoms with E-state index >= 15 is 0 Å². The maximum absolute atomic E-state index is 13.4. The predicted octanol–water partition coefficient (Wildman–Crippen LogP) is 5.44. The molecule has 0 spiro atoms. The molecule has 0 aliphatic heterocycles. The summed E-state index contributed by atoms with van der Waals surface area (Å²) in [5.74, 6) is -0.100. The first kappa shape index (κ1) is 23.8. The van der Waals surface area contributed by atoms with Crippen LogP contribution >= 0.6 is 0 Å². The Morgan fingerprint density at radius 1 is 0.853 bits per heavy atom. The Hall–Kier alpha value is -3.38. The second-order valence-electron chi connectivity index (χ2n) is 8.54. The van der Waals surface area contributed by atoms with E-state index in [2.05, 4.69) is 6.92 Å². The van der Waals surface area contributed by atoms with Crippen molar-refractivity contribution < 1.29 is 13.2 Å². The number of rotatable bonds is 10. The topological polar surface area (TPSA) is 59.4 Å². The van der Waals surface area contributed by atoms with E-state index in [1.165, 1.54) is 0 Å². The van der Waals surface area contributed by atoms with Crippen molar-refractivity contribution in [2.45, 2.75) is 43.5 Å². The van der Waals surface area contributed by atoms with Crippen molar-refractivity contribution in [1.82, 2.24) is 9.47 Å². The molecule has 1 heterocycles. The van der Waals surface area contributed by atoms with Crippen LogP contribution in [0.15, 0.2) is 96.0 Å². The van der Waals surface area contributed by atoms with E-state index in [4.69, 9.17) is 0 Å². The highest BCUT2D eigenvalue weighted by Gasteiger charge is 2.23. The van der Waals surface area contributed by atoms with Gasteiger partial charge in [-0.1, -0.05) is 92.2 Å². The fraction of sp³-hybridized carbons (Fsp3) is 0.250. The van der Waals surface area contributed by atoms with Crippen molar-refractivity contribution in [2.24, 2.45) is 0 Å². The van der Waals surface area contributed by atoms with E-state index in [0.717, 1.165) is 29.5 Å². The Bertz CT molecular complexity index is 1350. The first-order chi connectivity index (χ1) is 16.5. The fourth-order valence-electron chi connectivity index (χ4n) is 4.15. The second kappa shape index (κ2) is 10.7. The van der Waals surface area contributed by atoms with Gasteiger partial charge in [-0.25, -0.2) is 8.42 Å². The van der Waals surface area contributed by atoms with Crippen LogP contribution in [0.1, 0.15) is 30.9 Å². The van der Waals surface area contributed by atoms with Gasteiger partial charge in [0.25, 0.3) is 0 Å². The smallest absolute Gasteiger partial charge is 0.242 e. The lowest BCUT2D eigenvalue weighted by atomic mass is 10.2. The summed E-state index contributed by atoms with van der Waals surface area (Å²) in [4.78, 5) is 15.5. The van der Waals surface area contributed by atoms with Gasteiger partial charge in [0, 0.05) is 30.2 Å². The highest BCUT2D eigenvalue weighted by atomic mass is 32.2. The average molecular weight is 475 g/mol. The molecule has 176 valence electrons. The molecule has 0 saturated carbocycles. The lowest BCUT2D eigenvalue weighted by Crippen LogP contribution is -2.34. The fourth-order valence-corrected chi connectivity index (χ4v) is 5.74. The summed E-state index contributed by atoms with van der Waals surface area (Å²) in [7, 11) is -3.58. The van der Waals surface area contributed by atoms with Gasteiger partial charge < -0.3 is 9.47 Å². The highest BCUT2D eigenvalue weighted by Crippen LogP contribution is 2.28. The number of nitrogens with zero attached hydrogens (tertiary/aromatic N) is 2. The van der Waals surface area contributed by atoms with Gasteiger partial charge in [0.15, 0.2) is 9.84 Å². The lowest BCUT2D eigenvalue weighted by Gasteiger charge is -2.23. The van der Waals surface area contributed by atoms with E-state index in [0.29, 0.717) is 18.5 Å². The van der Waals surface area contributed by atoms with Crippen LogP contribution in [0.5, 0.6) is 0 Å². The summed E-state index contributed by atoms with van der Waals surface area (Å²) in [6.45, 7) is 3.41. The highest BCUT2D eigenvalue weighted by molar-refractivity contribution is 7.90. The van der Waals surface area contributed by atoms with E-state index in [1.807, 2.05) is 89.8 Å². The summed E-state index contributed by atoms with van der Waals surface area (Å²) < 4.78 is 28.4. The van der Waals surface area contributed by atoms with Gasteiger partial charge >= 0.3 is 0 Å². The number of sulfone groups is 1. The standard InChI is InChI=1S/C28H30N2O3S/c1-2-3-18-29(19-23-12-6-4-7-13-23)28(31)21-30-20-27(25-16-10-11-17-26(25)30)34(32,33)22-24-14-8-5-9-15-24/h4-17,20H,2-3,18-19,21-22H2,1H3. The Morgan fingerprint density at radius 2 is 1.47 bits per heavy atom. The van der Waals surface area contributed by atoms with Gasteiger partial charge in [-0.3, -0.25) is 4.79 Å². The molecular weight excluding hydrogens is 444 g/mol. The number of hydrogen-bond acceptors (Lipinski definition) is 3. The third-order valence-electron chi connectivity index (χ3n) is 5.94. The molecule has 0 unspecified atom stereocenters. The molecule has 0 aliphatic rings. The molecule has 0 bridgehead atoms. The molecule has 0 radical (unpaired) electrons. The van der Waals surface area contributed by atoms with E-state index in [-0.39, 0.29) is 23.1 Å². The van der Waals surface area contributed by atoms with Crippen molar-refractivity contribution in [2.75, 3.05) is 6.54 Å². The van der Waals surface area contributed by atoms with Crippen LogP contribution in [-0.4, -0.2) is 30.3 Å². The number of carbonyl (C=O) groups excluding carboxylic acids is 1. The summed E-state index contributed by atoms with van der Waals surface area (Å²) in [5, 5.41) is 0.648. The molecule has 34 heavy (non-hydrogen) atoms. The molecule has 0 aliphatic carbocycles. The molecule has 6 heteroatoms. The molecule has 1 aromatic heterocycles. The number of hydrogen-bond donors (Lipinski definition) is 0. The quantitative estimate of drug-likeness (QED) is 0.307. The summed E-state index contributed by atoms with van der Waals surface area (Å²) >= 11 is 0. The minimum Gasteiger partial charge on any atom is -0.337 e. The largest absolute Gasteiger partial charge is 0.337 e. The Morgan fingerprint density at radius 3 is 2.15 bits per heavy atom. The third kappa shape index (κ3) is 5.57. The van der Waals surface area contributed by atoms with Crippen LogP contribution in [0.3, 0.4) is 0 Å². The number of carbonyl (C=O) groups is 1. The van der Waals surface area contributed by atoms with Crippen LogP contribution in [0, 0.1) is 0 Å². The number of amides is 1. The Kier molecular flexibility index (Phi) is 7.48. The van der Waals surface area contributed by atoms with Crippen LogP contribution < -0.4 is 0 Å². The maximum Gasteiger partial charge on any atom is 0.242 e. The van der Waals surface area contributed by atoms with Crippen LogP contribution in [0.25, 0.3) is 10.9 Å². The van der Waals surface area contributed by atoms with Crippen LogP contribution in [-0.2, 0) is 33.5 Å².